The van der Waals surface area contributed by atoms with Crippen LogP contribution in [0.4, 0.5) is 18.9 Å². The van der Waals surface area contributed by atoms with Crippen LogP contribution in [0.15, 0.2) is 54.6 Å². The van der Waals surface area contributed by atoms with Crippen LogP contribution >= 0.6 is 0 Å². The number of H-pyrrole nitrogens is 1. The minimum atomic E-state index is -4.68. The monoisotopic (exact) mass is 497 g/mol. The molecule has 2 aromatic carbocycles. The van der Waals surface area contributed by atoms with E-state index in [1.54, 1.807) is 12.1 Å². The first kappa shape index (κ1) is 24.3. The number of halogens is 3. The highest BCUT2D eigenvalue weighted by Crippen LogP contribution is 2.32. The van der Waals surface area contributed by atoms with Crippen molar-refractivity contribution < 1.29 is 22.7 Å². The molecule has 2 N–H and O–H groups in total. The van der Waals surface area contributed by atoms with Crippen molar-refractivity contribution in [3.05, 3.63) is 82.7 Å². The number of amides is 1. The molecule has 5 rings (SSSR count). The van der Waals surface area contributed by atoms with Crippen molar-refractivity contribution >= 4 is 11.6 Å². The van der Waals surface area contributed by atoms with Gasteiger partial charge in [0.05, 0.1) is 0 Å². The van der Waals surface area contributed by atoms with Crippen molar-refractivity contribution in [3.8, 4) is 5.75 Å². The van der Waals surface area contributed by atoms with Gasteiger partial charge in [-0.3, -0.25) is 4.79 Å². The molecule has 0 atom stereocenters. The van der Waals surface area contributed by atoms with Crippen LogP contribution in [0.5, 0.6) is 5.75 Å². The second-order valence-corrected chi connectivity index (χ2v) is 9.62. The second kappa shape index (κ2) is 10.3. The number of alkyl halides is 3. The van der Waals surface area contributed by atoms with E-state index in [2.05, 4.69) is 44.2 Å². The van der Waals surface area contributed by atoms with E-state index >= 15 is 0 Å². The van der Waals surface area contributed by atoms with E-state index in [9.17, 15) is 18.0 Å². The molecule has 0 unspecified atom stereocenters. The number of rotatable bonds is 6. The number of hydrogen-bond donors (Lipinski definition) is 2. The Kier molecular flexibility index (Phi) is 6.94. The summed E-state index contributed by atoms with van der Waals surface area (Å²) in [6.07, 6.45) is 1.68. The molecule has 0 radical (unpaired) electrons. The fourth-order valence-corrected chi connectivity index (χ4v) is 5.24. The Morgan fingerprint density at radius 3 is 2.36 bits per heavy atom. The van der Waals surface area contributed by atoms with Gasteiger partial charge >= 0.3 is 6.36 Å². The molecule has 1 aliphatic heterocycles. The first-order chi connectivity index (χ1) is 17.3. The predicted octanol–water partition coefficient (Wildman–Crippen LogP) is 6.11. The van der Waals surface area contributed by atoms with E-state index in [-0.39, 0.29) is 11.7 Å². The zero-order chi connectivity index (χ0) is 25.1. The average molecular weight is 498 g/mol. The van der Waals surface area contributed by atoms with Gasteiger partial charge in [-0.1, -0.05) is 24.3 Å². The summed E-state index contributed by atoms with van der Waals surface area (Å²) in [5.74, 6) is 0.159. The quantitative estimate of drug-likeness (QED) is 0.432. The van der Waals surface area contributed by atoms with Gasteiger partial charge in [-0.2, -0.15) is 0 Å². The molecule has 1 saturated heterocycles. The SMILES string of the molecule is O=C(NCc1ccc(C2CCN(c3ccc(OC(F)(F)F)cc3)CC2)cc1)c1cc2c([nH]1)CCCC2. The Balaban J connectivity index is 1.10. The molecule has 0 bridgehead atoms. The van der Waals surface area contributed by atoms with Gasteiger partial charge in [0.25, 0.3) is 5.91 Å². The normalized spacial score (nSPS) is 16.5. The summed E-state index contributed by atoms with van der Waals surface area (Å²) in [7, 11) is 0. The number of anilines is 1. The number of aromatic amines is 1. The summed E-state index contributed by atoms with van der Waals surface area (Å²) in [5, 5.41) is 3.02. The van der Waals surface area contributed by atoms with Crippen LogP contribution in [0.2, 0.25) is 0 Å². The first-order valence-corrected chi connectivity index (χ1v) is 12.5. The van der Waals surface area contributed by atoms with Crippen molar-refractivity contribution in [2.45, 2.75) is 57.3 Å². The lowest BCUT2D eigenvalue weighted by Crippen LogP contribution is -2.32. The highest BCUT2D eigenvalue weighted by molar-refractivity contribution is 5.92. The largest absolute Gasteiger partial charge is 0.573 e. The maximum atomic E-state index is 12.6. The number of aromatic nitrogens is 1. The van der Waals surface area contributed by atoms with E-state index in [0.29, 0.717) is 18.2 Å². The van der Waals surface area contributed by atoms with E-state index in [1.165, 1.54) is 41.8 Å². The number of carbonyl (C=O) groups excluding carboxylic acids is 1. The molecule has 1 amide bonds. The molecule has 1 aromatic heterocycles. The van der Waals surface area contributed by atoms with Crippen LogP contribution in [-0.4, -0.2) is 30.3 Å². The Bertz CT molecular complexity index is 1150. The number of benzene rings is 2. The van der Waals surface area contributed by atoms with Crippen molar-refractivity contribution in [2.75, 3.05) is 18.0 Å². The molecule has 3 aromatic rings. The molecule has 190 valence electrons. The molecule has 8 heteroatoms. The molecule has 0 saturated carbocycles. The van der Waals surface area contributed by atoms with Crippen molar-refractivity contribution in [1.82, 2.24) is 10.3 Å². The van der Waals surface area contributed by atoms with E-state index < -0.39 is 6.36 Å². The van der Waals surface area contributed by atoms with Gasteiger partial charge in [-0.25, -0.2) is 0 Å². The molecule has 1 fully saturated rings. The summed E-state index contributed by atoms with van der Waals surface area (Å²) in [6, 6.07) is 16.5. The number of aryl methyl sites for hydroxylation is 2. The van der Waals surface area contributed by atoms with Crippen molar-refractivity contribution in [2.24, 2.45) is 0 Å². The fraction of sp³-hybridized carbons (Fsp3) is 0.393. The maximum Gasteiger partial charge on any atom is 0.573 e. The number of piperidine rings is 1. The molecule has 0 spiro atoms. The van der Waals surface area contributed by atoms with E-state index in [4.69, 9.17) is 0 Å². The molecule has 2 aliphatic rings. The zero-order valence-corrected chi connectivity index (χ0v) is 20.0. The maximum absolute atomic E-state index is 12.6. The number of fused-ring (bicyclic) bond motifs is 1. The zero-order valence-electron chi connectivity index (χ0n) is 20.0. The van der Waals surface area contributed by atoms with Crippen LogP contribution in [-0.2, 0) is 19.4 Å². The minimum Gasteiger partial charge on any atom is -0.406 e. The summed E-state index contributed by atoms with van der Waals surface area (Å²) >= 11 is 0. The number of ether oxygens (including phenoxy) is 1. The Hall–Kier alpha value is -3.42. The van der Waals surface area contributed by atoms with Gasteiger partial charge in [0.1, 0.15) is 11.4 Å². The third-order valence-electron chi connectivity index (χ3n) is 7.19. The summed E-state index contributed by atoms with van der Waals surface area (Å²) in [4.78, 5) is 18.0. The lowest BCUT2D eigenvalue weighted by molar-refractivity contribution is -0.274. The number of nitrogens with zero attached hydrogens (tertiary/aromatic N) is 1. The van der Waals surface area contributed by atoms with Gasteiger partial charge < -0.3 is 19.9 Å². The summed E-state index contributed by atoms with van der Waals surface area (Å²) in [5.41, 5.74) is 6.35. The van der Waals surface area contributed by atoms with Gasteiger partial charge in [0.15, 0.2) is 0 Å². The molecular weight excluding hydrogens is 467 g/mol. The van der Waals surface area contributed by atoms with Crippen LogP contribution in [0.1, 0.15) is 64.5 Å². The average Bonchev–Trinajstić information content (AvgIpc) is 3.32. The van der Waals surface area contributed by atoms with Gasteiger partial charge in [-0.15, -0.1) is 13.2 Å². The smallest absolute Gasteiger partial charge is 0.406 e. The molecular formula is C28H30F3N3O2. The predicted molar refractivity (Wildman–Crippen MR) is 132 cm³/mol. The number of nitrogens with one attached hydrogen (secondary N) is 2. The molecule has 5 nitrogen and oxygen atoms in total. The Labute approximate surface area is 208 Å². The Morgan fingerprint density at radius 1 is 1.00 bits per heavy atom. The van der Waals surface area contributed by atoms with Crippen LogP contribution < -0.4 is 15.0 Å². The van der Waals surface area contributed by atoms with Crippen LogP contribution in [0, 0.1) is 0 Å². The first-order valence-electron chi connectivity index (χ1n) is 12.5. The molecule has 2 heterocycles. The summed E-state index contributed by atoms with van der Waals surface area (Å²) in [6.45, 7) is 2.15. The minimum absolute atomic E-state index is 0.0705. The standard InChI is InChI=1S/C28H30F3N3O2/c29-28(30,31)36-24-11-9-23(10-12-24)34-15-13-21(14-16-34)20-7-5-19(6-8-20)18-32-27(35)26-17-22-3-1-2-4-25(22)33-26/h5-12,17,21,33H,1-4,13-16,18H2,(H,32,35). The third-order valence-corrected chi connectivity index (χ3v) is 7.19. The van der Waals surface area contributed by atoms with Crippen molar-refractivity contribution in [1.29, 1.82) is 0 Å². The number of hydrogen-bond acceptors (Lipinski definition) is 3. The van der Waals surface area contributed by atoms with Crippen LogP contribution in [0.3, 0.4) is 0 Å². The summed E-state index contributed by atoms with van der Waals surface area (Å²) < 4.78 is 41.0. The highest BCUT2D eigenvalue weighted by Gasteiger charge is 2.31. The fourth-order valence-electron chi connectivity index (χ4n) is 5.24. The van der Waals surface area contributed by atoms with Crippen LogP contribution in [0.25, 0.3) is 0 Å². The Morgan fingerprint density at radius 2 is 1.69 bits per heavy atom. The topological polar surface area (TPSA) is 57.4 Å². The number of carbonyl (C=O) groups is 1. The second-order valence-electron chi connectivity index (χ2n) is 9.62. The van der Waals surface area contributed by atoms with E-state index in [1.807, 2.05) is 6.07 Å². The highest BCUT2D eigenvalue weighted by atomic mass is 19.4. The van der Waals surface area contributed by atoms with Gasteiger partial charge in [0, 0.05) is 31.0 Å². The van der Waals surface area contributed by atoms with Crippen molar-refractivity contribution in [3.63, 3.8) is 0 Å². The molecule has 36 heavy (non-hydrogen) atoms. The molecule has 1 aliphatic carbocycles. The van der Waals surface area contributed by atoms with E-state index in [0.717, 1.165) is 50.0 Å². The lowest BCUT2D eigenvalue weighted by Gasteiger charge is -2.34. The third kappa shape index (κ3) is 5.86. The lowest BCUT2D eigenvalue weighted by atomic mass is 9.89. The van der Waals surface area contributed by atoms with Gasteiger partial charge in [0.2, 0.25) is 0 Å². The van der Waals surface area contributed by atoms with Gasteiger partial charge in [-0.05, 0) is 91.5 Å².